The topological polar surface area (TPSA) is 115 Å². The Balaban J connectivity index is 1.97. The minimum Gasteiger partial charge on any atom is -0.507 e. The van der Waals surface area contributed by atoms with Crippen LogP contribution in [0.3, 0.4) is 0 Å². The van der Waals surface area contributed by atoms with Gasteiger partial charge in [0.05, 0.1) is 12.2 Å². The fourth-order valence-electron chi connectivity index (χ4n) is 3.04. The van der Waals surface area contributed by atoms with Gasteiger partial charge < -0.3 is 28.8 Å². The Labute approximate surface area is 158 Å². The van der Waals surface area contributed by atoms with Crippen LogP contribution < -0.4 is 19.6 Å². The molecule has 8 nitrogen and oxygen atoms in total. The summed E-state index contributed by atoms with van der Waals surface area (Å²) in [6.45, 7) is 2.36. The number of aromatic hydroxyl groups is 1. The Morgan fingerprint density at radius 2 is 1.96 bits per heavy atom. The molecule has 2 heterocycles. The molecule has 4 rings (SSSR count). The number of fused-ring (bicyclic) bond motifs is 2. The van der Waals surface area contributed by atoms with Crippen molar-refractivity contribution in [3.63, 3.8) is 0 Å². The van der Waals surface area contributed by atoms with Gasteiger partial charge in [0.15, 0.2) is 11.5 Å². The SMILES string of the molecule is CCCOc1cc(O)c2c(=O)c(-c3ccc4c(c3)OCO4)c(C(=O)O)oc2c1. The molecule has 0 fully saturated rings. The van der Waals surface area contributed by atoms with E-state index in [1.807, 2.05) is 6.92 Å². The maximum atomic E-state index is 13.1. The van der Waals surface area contributed by atoms with Crippen LogP contribution >= 0.6 is 0 Å². The lowest BCUT2D eigenvalue weighted by atomic mass is 10.0. The minimum atomic E-state index is -1.41. The largest absolute Gasteiger partial charge is 0.507 e. The molecule has 0 radical (unpaired) electrons. The normalized spacial score (nSPS) is 12.3. The number of carboxylic acids is 1. The van der Waals surface area contributed by atoms with Crippen molar-refractivity contribution in [2.75, 3.05) is 13.4 Å². The van der Waals surface area contributed by atoms with Gasteiger partial charge in [-0.3, -0.25) is 4.79 Å². The van der Waals surface area contributed by atoms with Crippen molar-refractivity contribution in [1.82, 2.24) is 0 Å². The van der Waals surface area contributed by atoms with E-state index in [4.69, 9.17) is 18.6 Å². The number of carboxylic acid groups (broad SMARTS) is 1. The number of phenolic OH excluding ortho intramolecular Hbond substituents is 1. The number of hydrogen-bond acceptors (Lipinski definition) is 7. The molecule has 0 saturated heterocycles. The first kappa shape index (κ1) is 17.7. The highest BCUT2D eigenvalue weighted by atomic mass is 16.7. The Morgan fingerprint density at radius 3 is 2.71 bits per heavy atom. The molecule has 0 bridgehead atoms. The Kier molecular flexibility index (Phi) is 4.31. The van der Waals surface area contributed by atoms with E-state index < -0.39 is 17.2 Å². The van der Waals surface area contributed by atoms with Gasteiger partial charge in [-0.1, -0.05) is 13.0 Å². The summed E-state index contributed by atoms with van der Waals surface area (Å²) in [5.41, 5.74) is -0.645. The molecule has 0 amide bonds. The minimum absolute atomic E-state index is 0.0399. The molecule has 144 valence electrons. The second kappa shape index (κ2) is 6.80. The standard InChI is InChI=1S/C20H16O8/c1-2-5-25-11-7-12(21)17-15(8-11)28-19(20(23)24)16(18(17)22)10-3-4-13-14(6-10)27-9-26-13/h3-4,6-8,21H,2,5,9H2,1H3,(H,23,24). The van der Waals surface area contributed by atoms with Crippen LogP contribution in [0.2, 0.25) is 0 Å². The first-order chi connectivity index (χ1) is 13.5. The molecule has 1 aliphatic heterocycles. The maximum absolute atomic E-state index is 13.1. The predicted molar refractivity (Wildman–Crippen MR) is 98.5 cm³/mol. The fraction of sp³-hybridized carbons (Fsp3) is 0.200. The summed E-state index contributed by atoms with van der Waals surface area (Å²) >= 11 is 0. The molecule has 1 aliphatic rings. The lowest BCUT2D eigenvalue weighted by Gasteiger charge is -2.11. The maximum Gasteiger partial charge on any atom is 0.372 e. The molecule has 2 N–H and O–H groups in total. The molecule has 0 spiro atoms. The van der Waals surface area contributed by atoms with E-state index in [2.05, 4.69) is 0 Å². The van der Waals surface area contributed by atoms with Gasteiger partial charge in [-0.2, -0.15) is 0 Å². The van der Waals surface area contributed by atoms with Gasteiger partial charge in [0.2, 0.25) is 18.0 Å². The van der Waals surface area contributed by atoms with Crippen LogP contribution in [0.1, 0.15) is 23.9 Å². The first-order valence-corrected chi connectivity index (χ1v) is 8.59. The van der Waals surface area contributed by atoms with Crippen LogP contribution in [-0.2, 0) is 0 Å². The Bertz CT molecular complexity index is 1150. The number of aromatic carboxylic acids is 1. The Morgan fingerprint density at radius 1 is 1.18 bits per heavy atom. The summed E-state index contributed by atoms with van der Waals surface area (Å²) in [5.74, 6) is -1.14. The van der Waals surface area contributed by atoms with Crippen molar-refractivity contribution in [2.45, 2.75) is 13.3 Å². The zero-order valence-electron chi connectivity index (χ0n) is 14.9. The summed E-state index contributed by atoms with van der Waals surface area (Å²) in [6.07, 6.45) is 0.742. The average molecular weight is 384 g/mol. The molecule has 0 atom stereocenters. The summed E-state index contributed by atoms with van der Waals surface area (Å²) < 4.78 is 21.5. The lowest BCUT2D eigenvalue weighted by molar-refractivity contribution is 0.0664. The van der Waals surface area contributed by atoms with E-state index in [1.165, 1.54) is 24.3 Å². The molecular formula is C20H16O8. The van der Waals surface area contributed by atoms with Crippen molar-refractivity contribution in [2.24, 2.45) is 0 Å². The molecule has 0 unspecified atom stereocenters. The van der Waals surface area contributed by atoms with Gasteiger partial charge in [-0.15, -0.1) is 0 Å². The second-order valence-corrected chi connectivity index (χ2v) is 6.17. The highest BCUT2D eigenvalue weighted by molar-refractivity contribution is 5.98. The summed E-state index contributed by atoms with van der Waals surface area (Å²) in [7, 11) is 0. The Hall–Kier alpha value is -3.68. The molecule has 1 aromatic heterocycles. The van der Waals surface area contributed by atoms with E-state index in [-0.39, 0.29) is 40.4 Å². The molecule has 2 aromatic carbocycles. The average Bonchev–Trinajstić information content (AvgIpc) is 3.13. The van der Waals surface area contributed by atoms with Crippen LogP contribution in [0, 0.1) is 0 Å². The van der Waals surface area contributed by atoms with Crippen molar-refractivity contribution < 1.29 is 33.6 Å². The van der Waals surface area contributed by atoms with Gasteiger partial charge in [-0.05, 0) is 24.1 Å². The lowest BCUT2D eigenvalue weighted by Crippen LogP contribution is -2.13. The second-order valence-electron chi connectivity index (χ2n) is 6.17. The summed E-state index contributed by atoms with van der Waals surface area (Å²) in [4.78, 5) is 24.9. The quantitative estimate of drug-likeness (QED) is 0.688. The number of carbonyl (C=O) groups is 1. The predicted octanol–water partition coefficient (Wildman–Crippen LogP) is 3.38. The van der Waals surface area contributed by atoms with Crippen molar-refractivity contribution in [3.8, 4) is 34.1 Å². The summed E-state index contributed by atoms with van der Waals surface area (Å²) in [6, 6.07) is 7.31. The highest BCUT2D eigenvalue weighted by Crippen LogP contribution is 2.38. The smallest absolute Gasteiger partial charge is 0.372 e. The van der Waals surface area contributed by atoms with Crippen LogP contribution in [0.4, 0.5) is 0 Å². The van der Waals surface area contributed by atoms with Gasteiger partial charge in [0.1, 0.15) is 22.5 Å². The monoisotopic (exact) mass is 384 g/mol. The number of ether oxygens (including phenoxy) is 3. The van der Waals surface area contributed by atoms with Crippen molar-refractivity contribution in [1.29, 1.82) is 0 Å². The fourth-order valence-corrected chi connectivity index (χ4v) is 3.04. The zero-order valence-corrected chi connectivity index (χ0v) is 14.9. The third-order valence-corrected chi connectivity index (χ3v) is 4.28. The number of benzene rings is 2. The van der Waals surface area contributed by atoms with Crippen LogP contribution in [0.5, 0.6) is 23.0 Å². The molecule has 0 saturated carbocycles. The molecule has 28 heavy (non-hydrogen) atoms. The van der Waals surface area contributed by atoms with Gasteiger partial charge in [0.25, 0.3) is 0 Å². The van der Waals surface area contributed by atoms with Gasteiger partial charge in [-0.25, -0.2) is 4.79 Å². The molecular weight excluding hydrogens is 368 g/mol. The zero-order chi connectivity index (χ0) is 19.8. The van der Waals surface area contributed by atoms with Crippen LogP contribution in [0.25, 0.3) is 22.1 Å². The first-order valence-electron chi connectivity index (χ1n) is 8.59. The molecule has 0 aliphatic carbocycles. The highest BCUT2D eigenvalue weighted by Gasteiger charge is 2.25. The molecule has 8 heteroatoms. The van der Waals surface area contributed by atoms with Gasteiger partial charge in [0, 0.05) is 12.1 Å². The van der Waals surface area contributed by atoms with Crippen LogP contribution in [0.15, 0.2) is 39.5 Å². The molecule has 3 aromatic rings. The van der Waals surface area contributed by atoms with Gasteiger partial charge >= 0.3 is 5.97 Å². The van der Waals surface area contributed by atoms with E-state index in [0.29, 0.717) is 18.1 Å². The number of rotatable bonds is 5. The van der Waals surface area contributed by atoms with Crippen molar-refractivity contribution in [3.05, 3.63) is 46.3 Å². The number of hydrogen-bond donors (Lipinski definition) is 2. The van der Waals surface area contributed by atoms with E-state index in [1.54, 1.807) is 6.07 Å². The summed E-state index contributed by atoms with van der Waals surface area (Å²) in [5, 5.41) is 19.8. The van der Waals surface area contributed by atoms with E-state index in [0.717, 1.165) is 6.42 Å². The van der Waals surface area contributed by atoms with Crippen LogP contribution in [-0.4, -0.2) is 29.6 Å². The van der Waals surface area contributed by atoms with Crippen molar-refractivity contribution >= 4 is 16.9 Å². The van der Waals surface area contributed by atoms with E-state index in [9.17, 15) is 19.8 Å². The number of phenols is 1. The van der Waals surface area contributed by atoms with E-state index >= 15 is 0 Å². The third-order valence-electron chi connectivity index (χ3n) is 4.28. The third kappa shape index (κ3) is 2.88.